The molecular weight excluding hydrogens is 494 g/mol. The Morgan fingerprint density at radius 3 is 1.26 bits per heavy atom. The van der Waals surface area contributed by atoms with Gasteiger partial charge in [-0.15, -0.1) is 0 Å². The first kappa shape index (κ1) is 37.1. The Morgan fingerprint density at radius 1 is 0.590 bits per heavy atom. The number of aliphatic carboxylic acids is 3. The van der Waals surface area contributed by atoms with E-state index in [1.54, 1.807) is 0 Å². The summed E-state index contributed by atoms with van der Waals surface area (Å²) in [6, 6.07) is -3.56. The SMILES string of the molecule is CCCCCCCCCC/C=C/CCCCCCCCCCC[N+](C(C)C(=O)[O-])(C(C)C(=O)O)C(C)C(=O)O. The lowest BCUT2D eigenvalue weighted by Gasteiger charge is -2.49. The first-order chi connectivity index (χ1) is 18.6. The van der Waals surface area contributed by atoms with Crippen LogP contribution in [0.5, 0.6) is 0 Å². The summed E-state index contributed by atoms with van der Waals surface area (Å²) in [6.45, 7) is 6.60. The Hall–Kier alpha value is -1.89. The highest BCUT2D eigenvalue weighted by Crippen LogP contribution is 2.27. The van der Waals surface area contributed by atoms with E-state index in [-0.39, 0.29) is 6.54 Å². The Kier molecular flexibility index (Phi) is 21.8. The molecular formula is C32H59NO6. The van der Waals surface area contributed by atoms with Gasteiger partial charge in [0, 0.05) is 0 Å². The van der Waals surface area contributed by atoms with Crippen LogP contribution in [0.3, 0.4) is 0 Å². The van der Waals surface area contributed by atoms with E-state index < -0.39 is 40.5 Å². The van der Waals surface area contributed by atoms with E-state index in [1.807, 2.05) is 0 Å². The van der Waals surface area contributed by atoms with Crippen LogP contribution in [0, 0.1) is 0 Å². The molecule has 3 unspecified atom stereocenters. The lowest BCUT2D eigenvalue weighted by molar-refractivity contribution is -0.969. The average molecular weight is 554 g/mol. The van der Waals surface area contributed by atoms with Gasteiger partial charge in [0.05, 0.1) is 12.5 Å². The maximum Gasteiger partial charge on any atom is 0.362 e. The Balaban J connectivity index is 4.05. The number of allylic oxidation sites excluding steroid dienone is 2. The molecule has 3 atom stereocenters. The molecule has 0 amide bonds. The monoisotopic (exact) mass is 553 g/mol. The van der Waals surface area contributed by atoms with Crippen molar-refractivity contribution in [3.05, 3.63) is 12.2 Å². The van der Waals surface area contributed by atoms with Crippen LogP contribution in [0.1, 0.15) is 150 Å². The van der Waals surface area contributed by atoms with Gasteiger partial charge in [0.15, 0.2) is 12.1 Å². The van der Waals surface area contributed by atoms with E-state index in [1.165, 1.54) is 111 Å². The number of quaternary nitrogens is 1. The highest BCUT2D eigenvalue weighted by Gasteiger charge is 2.50. The third-order valence-corrected chi connectivity index (χ3v) is 8.53. The fourth-order valence-electron chi connectivity index (χ4n) is 5.71. The highest BCUT2D eigenvalue weighted by molar-refractivity contribution is 5.76. The van der Waals surface area contributed by atoms with Gasteiger partial charge in [-0.25, -0.2) is 9.59 Å². The molecule has 0 fully saturated rings. The van der Waals surface area contributed by atoms with Gasteiger partial charge < -0.3 is 20.1 Å². The molecule has 2 N–H and O–H groups in total. The largest absolute Gasteiger partial charge is 0.544 e. The number of hydrogen-bond acceptors (Lipinski definition) is 4. The van der Waals surface area contributed by atoms with E-state index in [4.69, 9.17) is 0 Å². The molecule has 7 heteroatoms. The second-order valence-electron chi connectivity index (χ2n) is 11.4. The molecule has 0 aromatic rings. The van der Waals surface area contributed by atoms with Crippen molar-refractivity contribution in [2.45, 2.75) is 168 Å². The zero-order chi connectivity index (χ0) is 29.5. The number of rotatable bonds is 27. The number of carbonyl (C=O) groups excluding carboxylic acids is 1. The van der Waals surface area contributed by atoms with Crippen molar-refractivity contribution < 1.29 is 34.2 Å². The fourth-order valence-corrected chi connectivity index (χ4v) is 5.71. The van der Waals surface area contributed by atoms with Crippen molar-refractivity contribution in [2.75, 3.05) is 6.54 Å². The highest BCUT2D eigenvalue weighted by atomic mass is 16.4. The maximum absolute atomic E-state index is 11.8. The number of unbranched alkanes of at least 4 members (excludes halogenated alkanes) is 17. The molecule has 0 spiro atoms. The van der Waals surface area contributed by atoms with E-state index in [9.17, 15) is 29.7 Å². The molecule has 0 rings (SSSR count). The molecule has 0 aliphatic rings. The zero-order valence-electron chi connectivity index (χ0n) is 25.5. The molecule has 228 valence electrons. The number of hydrogen-bond donors (Lipinski definition) is 2. The smallest absolute Gasteiger partial charge is 0.362 e. The van der Waals surface area contributed by atoms with Crippen molar-refractivity contribution in [2.24, 2.45) is 0 Å². The summed E-state index contributed by atoms with van der Waals surface area (Å²) in [5, 5.41) is 31.0. The number of nitrogens with zero attached hydrogens (tertiary/aromatic N) is 1. The van der Waals surface area contributed by atoms with Crippen molar-refractivity contribution in [3.8, 4) is 0 Å². The molecule has 0 aromatic heterocycles. The van der Waals surface area contributed by atoms with E-state index in [0.29, 0.717) is 6.42 Å². The summed E-state index contributed by atoms with van der Waals surface area (Å²) >= 11 is 0. The van der Waals surface area contributed by atoms with Crippen LogP contribution in [0.2, 0.25) is 0 Å². The van der Waals surface area contributed by atoms with Gasteiger partial charge in [-0.2, -0.15) is 0 Å². The van der Waals surface area contributed by atoms with Gasteiger partial charge in [-0.1, -0.05) is 103 Å². The van der Waals surface area contributed by atoms with Crippen LogP contribution < -0.4 is 5.11 Å². The summed E-state index contributed by atoms with van der Waals surface area (Å²) in [5.41, 5.74) is 0. The zero-order valence-corrected chi connectivity index (χ0v) is 25.5. The molecule has 0 aliphatic carbocycles. The maximum atomic E-state index is 11.8. The molecule has 0 aliphatic heterocycles. The third-order valence-electron chi connectivity index (χ3n) is 8.53. The lowest BCUT2D eigenvalue weighted by atomic mass is 10.00. The summed E-state index contributed by atoms with van der Waals surface area (Å²) in [7, 11) is 0. The van der Waals surface area contributed by atoms with Gasteiger partial charge in [0.1, 0.15) is 6.04 Å². The summed E-state index contributed by atoms with van der Waals surface area (Å²) in [4.78, 5) is 35.3. The summed E-state index contributed by atoms with van der Waals surface area (Å²) in [5.74, 6) is -3.82. The molecule has 0 radical (unpaired) electrons. The second kappa shape index (κ2) is 22.9. The van der Waals surface area contributed by atoms with Crippen LogP contribution in [0.25, 0.3) is 0 Å². The van der Waals surface area contributed by atoms with Gasteiger partial charge in [-0.3, -0.25) is 4.48 Å². The first-order valence-corrected chi connectivity index (χ1v) is 15.8. The Morgan fingerprint density at radius 2 is 0.923 bits per heavy atom. The predicted octanol–water partition coefficient (Wildman–Crippen LogP) is 6.88. The van der Waals surface area contributed by atoms with Crippen LogP contribution in [0.15, 0.2) is 12.2 Å². The molecule has 0 aromatic carbocycles. The topological polar surface area (TPSA) is 115 Å². The van der Waals surface area contributed by atoms with Crippen LogP contribution in [0.4, 0.5) is 0 Å². The second-order valence-corrected chi connectivity index (χ2v) is 11.4. The van der Waals surface area contributed by atoms with Crippen LogP contribution in [-0.4, -0.2) is 57.3 Å². The fraction of sp³-hybridized carbons (Fsp3) is 0.844. The summed E-state index contributed by atoms with van der Waals surface area (Å²) < 4.78 is -0.541. The quantitative estimate of drug-likeness (QED) is 0.0651. The standard InChI is InChI=1S/C32H59NO6/c1-5-6-7-8-9-10-11-12-13-14-15-16-17-18-19-20-21-22-23-24-25-26-33(27(2)30(34)35,28(3)31(36)37)29(4)32(38)39/h14-15,27-29H,5-13,16-26H2,1-4H3,(H2-,34,35,36,37,38,39)/b15-14+. The Labute approximate surface area is 238 Å². The Bertz CT molecular complexity index is 642. The van der Waals surface area contributed by atoms with Crippen molar-refractivity contribution in [1.82, 2.24) is 0 Å². The van der Waals surface area contributed by atoms with E-state index in [2.05, 4.69) is 19.1 Å². The number of carboxylic acids is 3. The molecule has 0 bridgehead atoms. The molecule has 0 saturated carbocycles. The third kappa shape index (κ3) is 15.5. The minimum absolute atomic E-state index is 0.183. The summed E-state index contributed by atoms with van der Waals surface area (Å²) in [6.07, 6.45) is 27.6. The van der Waals surface area contributed by atoms with E-state index >= 15 is 0 Å². The minimum atomic E-state index is -1.42. The van der Waals surface area contributed by atoms with Crippen molar-refractivity contribution in [1.29, 1.82) is 0 Å². The number of carboxylic acid groups (broad SMARTS) is 3. The van der Waals surface area contributed by atoms with Gasteiger partial charge in [0.2, 0.25) is 0 Å². The van der Waals surface area contributed by atoms with Gasteiger partial charge >= 0.3 is 11.9 Å². The minimum Gasteiger partial charge on any atom is -0.544 e. The van der Waals surface area contributed by atoms with Crippen molar-refractivity contribution in [3.63, 3.8) is 0 Å². The first-order valence-electron chi connectivity index (χ1n) is 15.8. The van der Waals surface area contributed by atoms with Crippen LogP contribution in [-0.2, 0) is 14.4 Å². The molecule has 7 nitrogen and oxygen atoms in total. The lowest BCUT2D eigenvalue weighted by Crippen LogP contribution is -2.72. The number of carbonyl (C=O) groups is 3. The van der Waals surface area contributed by atoms with Crippen LogP contribution >= 0.6 is 0 Å². The van der Waals surface area contributed by atoms with Gasteiger partial charge in [-0.05, 0) is 59.3 Å². The molecule has 0 heterocycles. The van der Waals surface area contributed by atoms with E-state index in [0.717, 1.165) is 25.7 Å². The van der Waals surface area contributed by atoms with Gasteiger partial charge in [0.25, 0.3) is 0 Å². The molecule has 0 saturated heterocycles. The molecule has 39 heavy (non-hydrogen) atoms. The average Bonchev–Trinajstić information content (AvgIpc) is 2.90. The predicted molar refractivity (Wildman–Crippen MR) is 156 cm³/mol. The normalized spacial score (nSPS) is 15.6. The van der Waals surface area contributed by atoms with Crippen molar-refractivity contribution >= 4 is 17.9 Å².